The molecule has 1 aliphatic heterocycles. The molecule has 3 rings (SSSR count). The number of methoxy groups -OCH3 is 1. The van der Waals surface area contributed by atoms with Gasteiger partial charge in [-0.25, -0.2) is 14.8 Å². The van der Waals surface area contributed by atoms with Crippen molar-refractivity contribution in [1.29, 1.82) is 0 Å². The quantitative estimate of drug-likeness (QED) is 0.818. The Morgan fingerprint density at radius 2 is 1.96 bits per heavy atom. The summed E-state index contributed by atoms with van der Waals surface area (Å²) in [6.45, 7) is 5.58. The van der Waals surface area contributed by atoms with Gasteiger partial charge >= 0.3 is 5.97 Å². The number of carbonyl (C=O) groups is 2. The van der Waals surface area contributed by atoms with Gasteiger partial charge in [0.05, 0.1) is 31.1 Å². The summed E-state index contributed by atoms with van der Waals surface area (Å²) < 4.78 is 10.3. The zero-order valence-corrected chi connectivity index (χ0v) is 15.6. The van der Waals surface area contributed by atoms with Gasteiger partial charge in [0.1, 0.15) is 10.7 Å². The third kappa shape index (κ3) is 4.17. The number of aromatic nitrogens is 2. The standard InChI is InChI=1S/C17H20N4O4S/c1-10-8-21(9-11(2)25-10)14-5-4-12(6-18-14)15(22)20-17-19-7-13(26-17)16(23)24-3/h4-7,10-11H,8-9H2,1-3H3,(H,19,20,22)/t10-,11+. The Hall–Kier alpha value is -2.52. The summed E-state index contributed by atoms with van der Waals surface area (Å²) >= 11 is 1.05. The van der Waals surface area contributed by atoms with E-state index in [-0.39, 0.29) is 18.1 Å². The van der Waals surface area contributed by atoms with Gasteiger partial charge in [-0.3, -0.25) is 10.1 Å². The van der Waals surface area contributed by atoms with Crippen LogP contribution in [-0.4, -0.2) is 54.3 Å². The lowest BCUT2D eigenvalue weighted by Crippen LogP contribution is -2.45. The Morgan fingerprint density at radius 1 is 1.23 bits per heavy atom. The summed E-state index contributed by atoms with van der Waals surface area (Å²) in [5, 5.41) is 2.99. The van der Waals surface area contributed by atoms with E-state index in [1.165, 1.54) is 19.5 Å². The predicted octanol–water partition coefficient (Wildman–Crippen LogP) is 2.19. The molecular weight excluding hydrogens is 356 g/mol. The Kier molecular flexibility index (Phi) is 5.48. The highest BCUT2D eigenvalue weighted by Crippen LogP contribution is 2.21. The fourth-order valence-electron chi connectivity index (χ4n) is 2.77. The number of esters is 1. The summed E-state index contributed by atoms with van der Waals surface area (Å²) in [7, 11) is 1.30. The maximum Gasteiger partial charge on any atom is 0.349 e. The molecule has 0 saturated carbocycles. The minimum absolute atomic E-state index is 0.137. The average Bonchev–Trinajstić information content (AvgIpc) is 3.09. The number of anilines is 2. The monoisotopic (exact) mass is 376 g/mol. The molecule has 0 radical (unpaired) electrons. The minimum atomic E-state index is -0.483. The summed E-state index contributed by atoms with van der Waals surface area (Å²) in [4.78, 5) is 34.6. The molecule has 1 saturated heterocycles. The number of rotatable bonds is 4. The number of morpholine rings is 1. The van der Waals surface area contributed by atoms with Gasteiger partial charge < -0.3 is 14.4 Å². The molecule has 0 aromatic carbocycles. The average molecular weight is 376 g/mol. The van der Waals surface area contributed by atoms with E-state index >= 15 is 0 Å². The zero-order valence-electron chi connectivity index (χ0n) is 14.8. The molecule has 138 valence electrons. The summed E-state index contributed by atoms with van der Waals surface area (Å²) in [6.07, 6.45) is 3.17. The second-order valence-electron chi connectivity index (χ2n) is 6.04. The largest absolute Gasteiger partial charge is 0.465 e. The van der Waals surface area contributed by atoms with Gasteiger partial charge in [0, 0.05) is 19.3 Å². The lowest BCUT2D eigenvalue weighted by molar-refractivity contribution is -0.00546. The molecule has 2 atom stereocenters. The maximum atomic E-state index is 12.3. The number of amides is 1. The van der Waals surface area contributed by atoms with Crippen molar-refractivity contribution in [1.82, 2.24) is 9.97 Å². The van der Waals surface area contributed by atoms with Crippen LogP contribution in [0.1, 0.15) is 33.9 Å². The molecule has 0 aliphatic carbocycles. The molecule has 26 heavy (non-hydrogen) atoms. The van der Waals surface area contributed by atoms with Crippen molar-refractivity contribution >= 4 is 34.2 Å². The van der Waals surface area contributed by atoms with Crippen molar-refractivity contribution in [3.8, 4) is 0 Å². The molecule has 1 amide bonds. The van der Waals surface area contributed by atoms with Crippen LogP contribution >= 0.6 is 11.3 Å². The van der Waals surface area contributed by atoms with Crippen molar-refractivity contribution < 1.29 is 19.1 Å². The van der Waals surface area contributed by atoms with Crippen molar-refractivity contribution in [2.24, 2.45) is 0 Å². The smallest absolute Gasteiger partial charge is 0.349 e. The normalized spacial score (nSPS) is 19.9. The van der Waals surface area contributed by atoms with Gasteiger partial charge in [-0.2, -0.15) is 0 Å². The number of ether oxygens (including phenoxy) is 2. The highest BCUT2D eigenvalue weighted by Gasteiger charge is 2.23. The summed E-state index contributed by atoms with van der Waals surface area (Å²) in [6, 6.07) is 3.54. The molecule has 0 spiro atoms. The number of nitrogens with one attached hydrogen (secondary N) is 1. The highest BCUT2D eigenvalue weighted by molar-refractivity contribution is 7.17. The number of nitrogens with zero attached hydrogens (tertiary/aromatic N) is 3. The topological polar surface area (TPSA) is 93.6 Å². The van der Waals surface area contributed by atoms with Crippen LogP contribution in [0.15, 0.2) is 24.5 Å². The molecule has 1 aliphatic rings. The molecular formula is C17H20N4O4S. The molecule has 8 nitrogen and oxygen atoms in total. The molecule has 0 unspecified atom stereocenters. The van der Waals surface area contributed by atoms with Crippen molar-refractivity contribution in [3.63, 3.8) is 0 Å². The van der Waals surface area contributed by atoms with Gasteiger partial charge in [0.15, 0.2) is 5.13 Å². The zero-order chi connectivity index (χ0) is 18.7. The first-order chi connectivity index (χ1) is 12.5. The van der Waals surface area contributed by atoms with E-state index in [4.69, 9.17) is 4.74 Å². The number of hydrogen-bond acceptors (Lipinski definition) is 8. The first kappa shape index (κ1) is 18.3. The Labute approximate surface area is 155 Å². The maximum absolute atomic E-state index is 12.3. The molecule has 9 heteroatoms. The Balaban J connectivity index is 1.65. The SMILES string of the molecule is COC(=O)c1cnc(NC(=O)c2ccc(N3C[C@@H](C)O[C@@H](C)C3)nc2)s1. The van der Waals surface area contributed by atoms with E-state index in [2.05, 4.69) is 24.9 Å². The van der Waals surface area contributed by atoms with E-state index in [0.29, 0.717) is 15.6 Å². The van der Waals surface area contributed by atoms with Gasteiger partial charge in [-0.05, 0) is 26.0 Å². The van der Waals surface area contributed by atoms with Crippen LogP contribution in [-0.2, 0) is 9.47 Å². The third-order valence-electron chi connectivity index (χ3n) is 3.87. The van der Waals surface area contributed by atoms with Crippen LogP contribution in [0.5, 0.6) is 0 Å². The van der Waals surface area contributed by atoms with Crippen molar-refractivity contribution in [2.45, 2.75) is 26.1 Å². The Bertz CT molecular complexity index is 782. The summed E-state index contributed by atoms with van der Waals surface area (Å²) in [5.74, 6) is -0.00714. The number of carbonyl (C=O) groups excluding carboxylic acids is 2. The molecule has 1 N–H and O–H groups in total. The lowest BCUT2D eigenvalue weighted by Gasteiger charge is -2.36. The highest BCUT2D eigenvalue weighted by atomic mass is 32.1. The van der Waals surface area contributed by atoms with E-state index in [1.54, 1.807) is 6.07 Å². The van der Waals surface area contributed by atoms with Gasteiger partial charge in [-0.15, -0.1) is 0 Å². The van der Waals surface area contributed by atoms with Gasteiger partial charge in [0.2, 0.25) is 0 Å². The van der Waals surface area contributed by atoms with E-state index in [1.807, 2.05) is 19.9 Å². The fourth-order valence-corrected chi connectivity index (χ4v) is 3.50. The van der Waals surface area contributed by atoms with E-state index in [0.717, 1.165) is 30.2 Å². The van der Waals surface area contributed by atoms with E-state index in [9.17, 15) is 9.59 Å². The van der Waals surface area contributed by atoms with Crippen LogP contribution in [0.3, 0.4) is 0 Å². The third-order valence-corrected chi connectivity index (χ3v) is 4.76. The van der Waals surface area contributed by atoms with Crippen molar-refractivity contribution in [2.75, 3.05) is 30.4 Å². The number of pyridine rings is 1. The molecule has 3 heterocycles. The van der Waals surface area contributed by atoms with Crippen LogP contribution in [0, 0.1) is 0 Å². The molecule has 1 fully saturated rings. The summed E-state index contributed by atoms with van der Waals surface area (Å²) in [5.41, 5.74) is 0.415. The van der Waals surface area contributed by atoms with Crippen LogP contribution in [0.25, 0.3) is 0 Å². The predicted molar refractivity (Wildman–Crippen MR) is 97.9 cm³/mol. The molecule has 2 aromatic heterocycles. The second kappa shape index (κ2) is 7.79. The van der Waals surface area contributed by atoms with E-state index < -0.39 is 5.97 Å². The van der Waals surface area contributed by atoms with Crippen LogP contribution in [0.4, 0.5) is 10.9 Å². The Morgan fingerprint density at radius 3 is 2.58 bits per heavy atom. The lowest BCUT2D eigenvalue weighted by atomic mass is 10.2. The molecule has 2 aromatic rings. The number of hydrogen-bond donors (Lipinski definition) is 1. The van der Waals surface area contributed by atoms with Crippen LogP contribution in [0.2, 0.25) is 0 Å². The molecule has 0 bridgehead atoms. The first-order valence-electron chi connectivity index (χ1n) is 8.18. The second-order valence-corrected chi connectivity index (χ2v) is 7.07. The fraction of sp³-hybridized carbons (Fsp3) is 0.412. The number of thiazole rings is 1. The van der Waals surface area contributed by atoms with Crippen LogP contribution < -0.4 is 10.2 Å². The van der Waals surface area contributed by atoms with Gasteiger partial charge in [0.25, 0.3) is 5.91 Å². The minimum Gasteiger partial charge on any atom is -0.465 e. The van der Waals surface area contributed by atoms with Gasteiger partial charge in [-0.1, -0.05) is 11.3 Å². The van der Waals surface area contributed by atoms with Crippen molar-refractivity contribution in [3.05, 3.63) is 35.0 Å². The first-order valence-corrected chi connectivity index (χ1v) is 9.00.